The Morgan fingerprint density at radius 1 is 1.29 bits per heavy atom. The molecule has 0 spiro atoms. The standard InChI is InChI=1S/C15H22ClF3N2/c1-3-8-21(10-15(17,18)19)14-7-5-6-13(16)12(14)9-11(20)4-2/h5-7,11H,3-4,8-10,20H2,1-2H3. The average molecular weight is 323 g/mol. The Hall–Kier alpha value is -0.940. The fourth-order valence-corrected chi connectivity index (χ4v) is 2.47. The van der Waals surface area contributed by atoms with Crippen LogP contribution in [0.5, 0.6) is 0 Å². The molecule has 0 heterocycles. The third-order valence-corrected chi connectivity index (χ3v) is 3.64. The molecule has 0 aliphatic rings. The number of benzene rings is 1. The van der Waals surface area contributed by atoms with E-state index in [1.807, 2.05) is 13.8 Å². The van der Waals surface area contributed by atoms with Crippen molar-refractivity contribution in [1.82, 2.24) is 0 Å². The minimum atomic E-state index is -4.25. The molecule has 1 rings (SSSR count). The van der Waals surface area contributed by atoms with Gasteiger partial charge in [0.1, 0.15) is 6.54 Å². The maximum Gasteiger partial charge on any atom is 0.405 e. The summed E-state index contributed by atoms with van der Waals surface area (Å²) in [5, 5.41) is 0.472. The molecule has 0 saturated heterocycles. The molecule has 0 fully saturated rings. The fourth-order valence-electron chi connectivity index (χ4n) is 2.22. The topological polar surface area (TPSA) is 29.3 Å². The van der Waals surface area contributed by atoms with Crippen molar-refractivity contribution in [3.8, 4) is 0 Å². The van der Waals surface area contributed by atoms with E-state index in [2.05, 4.69) is 0 Å². The lowest BCUT2D eigenvalue weighted by atomic mass is 10.0. The van der Waals surface area contributed by atoms with Crippen LogP contribution in [-0.2, 0) is 6.42 Å². The number of anilines is 1. The predicted octanol–water partition coefficient (Wildman–Crippen LogP) is 4.40. The first-order chi connectivity index (χ1) is 9.78. The molecule has 1 aromatic rings. The van der Waals surface area contributed by atoms with E-state index in [4.69, 9.17) is 17.3 Å². The molecule has 1 aromatic carbocycles. The van der Waals surface area contributed by atoms with Crippen molar-refractivity contribution in [2.75, 3.05) is 18.0 Å². The van der Waals surface area contributed by atoms with Gasteiger partial charge in [0.2, 0.25) is 0 Å². The Bertz CT molecular complexity index is 449. The summed E-state index contributed by atoms with van der Waals surface area (Å²) >= 11 is 6.18. The number of hydrogen-bond donors (Lipinski definition) is 1. The maximum absolute atomic E-state index is 12.8. The van der Waals surface area contributed by atoms with E-state index < -0.39 is 12.7 Å². The van der Waals surface area contributed by atoms with Gasteiger partial charge in [-0.1, -0.05) is 31.5 Å². The number of nitrogens with two attached hydrogens (primary N) is 1. The molecular weight excluding hydrogens is 301 g/mol. The largest absolute Gasteiger partial charge is 0.405 e. The summed E-state index contributed by atoms with van der Waals surface area (Å²) in [6, 6.07) is 4.95. The normalized spacial score (nSPS) is 13.3. The van der Waals surface area contributed by atoms with Gasteiger partial charge in [-0.3, -0.25) is 0 Å². The monoisotopic (exact) mass is 322 g/mol. The van der Waals surface area contributed by atoms with E-state index in [1.54, 1.807) is 18.2 Å². The lowest BCUT2D eigenvalue weighted by Crippen LogP contribution is -2.36. The molecule has 2 nitrogen and oxygen atoms in total. The van der Waals surface area contributed by atoms with Gasteiger partial charge in [-0.25, -0.2) is 0 Å². The zero-order chi connectivity index (χ0) is 16.0. The summed E-state index contributed by atoms with van der Waals surface area (Å²) in [6.07, 6.45) is -2.40. The molecule has 1 atom stereocenters. The molecule has 0 aromatic heterocycles. The van der Waals surface area contributed by atoms with E-state index in [1.165, 1.54) is 4.90 Å². The van der Waals surface area contributed by atoms with Crippen LogP contribution in [-0.4, -0.2) is 25.3 Å². The van der Waals surface area contributed by atoms with Gasteiger partial charge in [0.05, 0.1) is 0 Å². The van der Waals surface area contributed by atoms with Crippen LogP contribution in [0.3, 0.4) is 0 Å². The zero-order valence-electron chi connectivity index (χ0n) is 12.4. The number of alkyl halides is 3. The van der Waals surface area contributed by atoms with Crippen LogP contribution in [0.15, 0.2) is 18.2 Å². The molecule has 0 aliphatic carbocycles. The second-order valence-electron chi connectivity index (χ2n) is 5.15. The molecule has 6 heteroatoms. The van der Waals surface area contributed by atoms with Gasteiger partial charge in [-0.15, -0.1) is 0 Å². The summed E-state index contributed by atoms with van der Waals surface area (Å²) in [5.41, 5.74) is 7.18. The Balaban J connectivity index is 3.14. The van der Waals surface area contributed by atoms with E-state index in [9.17, 15) is 13.2 Å². The lowest BCUT2D eigenvalue weighted by molar-refractivity contribution is -0.119. The van der Waals surface area contributed by atoms with Crippen LogP contribution in [0.1, 0.15) is 32.3 Å². The lowest BCUT2D eigenvalue weighted by Gasteiger charge is -2.29. The molecule has 2 N–H and O–H groups in total. The van der Waals surface area contributed by atoms with Crippen molar-refractivity contribution in [2.24, 2.45) is 5.73 Å². The first-order valence-corrected chi connectivity index (χ1v) is 7.51. The smallest absolute Gasteiger partial charge is 0.362 e. The molecule has 0 bridgehead atoms. The summed E-state index contributed by atoms with van der Waals surface area (Å²) in [5.74, 6) is 0. The van der Waals surface area contributed by atoms with Crippen LogP contribution < -0.4 is 10.6 Å². The van der Waals surface area contributed by atoms with E-state index in [-0.39, 0.29) is 6.04 Å². The summed E-state index contributed by atoms with van der Waals surface area (Å²) in [7, 11) is 0. The van der Waals surface area contributed by atoms with Crippen molar-refractivity contribution in [1.29, 1.82) is 0 Å². The van der Waals surface area contributed by atoms with Crippen LogP contribution in [0.2, 0.25) is 5.02 Å². The highest BCUT2D eigenvalue weighted by Gasteiger charge is 2.31. The number of halogens is 4. The van der Waals surface area contributed by atoms with Gasteiger partial charge in [0.15, 0.2) is 0 Å². The van der Waals surface area contributed by atoms with Crippen LogP contribution >= 0.6 is 11.6 Å². The van der Waals surface area contributed by atoms with E-state index in [0.29, 0.717) is 35.7 Å². The zero-order valence-corrected chi connectivity index (χ0v) is 13.1. The van der Waals surface area contributed by atoms with Crippen LogP contribution in [0, 0.1) is 0 Å². The van der Waals surface area contributed by atoms with Gasteiger partial charge in [0, 0.05) is 23.3 Å². The predicted molar refractivity (Wildman–Crippen MR) is 82.0 cm³/mol. The Morgan fingerprint density at radius 2 is 1.95 bits per heavy atom. The van der Waals surface area contributed by atoms with Gasteiger partial charge in [-0.2, -0.15) is 13.2 Å². The molecular formula is C15H22ClF3N2. The minimum Gasteiger partial charge on any atom is -0.362 e. The first-order valence-electron chi connectivity index (χ1n) is 7.13. The van der Waals surface area contributed by atoms with Crippen LogP contribution in [0.25, 0.3) is 0 Å². The van der Waals surface area contributed by atoms with Crippen molar-refractivity contribution < 1.29 is 13.2 Å². The Morgan fingerprint density at radius 3 is 2.48 bits per heavy atom. The van der Waals surface area contributed by atoms with E-state index >= 15 is 0 Å². The SMILES string of the molecule is CCCN(CC(F)(F)F)c1cccc(Cl)c1CC(N)CC. The Labute approximate surface area is 129 Å². The van der Waals surface area contributed by atoms with Gasteiger partial charge < -0.3 is 10.6 Å². The molecule has 1 unspecified atom stereocenters. The third kappa shape index (κ3) is 5.75. The number of rotatable bonds is 7. The second-order valence-corrected chi connectivity index (χ2v) is 5.55. The third-order valence-electron chi connectivity index (χ3n) is 3.29. The van der Waals surface area contributed by atoms with E-state index in [0.717, 1.165) is 6.42 Å². The highest BCUT2D eigenvalue weighted by molar-refractivity contribution is 6.31. The second kappa shape index (κ2) is 7.90. The first kappa shape index (κ1) is 18.1. The average Bonchev–Trinajstić information content (AvgIpc) is 2.39. The van der Waals surface area contributed by atoms with Crippen molar-refractivity contribution >= 4 is 17.3 Å². The quantitative estimate of drug-likeness (QED) is 0.806. The highest BCUT2D eigenvalue weighted by atomic mass is 35.5. The fraction of sp³-hybridized carbons (Fsp3) is 0.600. The maximum atomic E-state index is 12.8. The summed E-state index contributed by atoms with van der Waals surface area (Å²) < 4.78 is 38.3. The molecule has 0 aliphatic heterocycles. The summed E-state index contributed by atoms with van der Waals surface area (Å²) in [6.45, 7) is 3.15. The molecule has 21 heavy (non-hydrogen) atoms. The number of hydrogen-bond acceptors (Lipinski definition) is 2. The van der Waals surface area contributed by atoms with Crippen LogP contribution in [0.4, 0.5) is 18.9 Å². The molecule has 120 valence electrons. The van der Waals surface area contributed by atoms with Crippen molar-refractivity contribution in [3.63, 3.8) is 0 Å². The molecule has 0 radical (unpaired) electrons. The Kier molecular flexibility index (Phi) is 6.81. The number of nitrogens with zero attached hydrogens (tertiary/aromatic N) is 1. The molecule has 0 saturated carbocycles. The minimum absolute atomic E-state index is 0.113. The molecule has 0 amide bonds. The van der Waals surface area contributed by atoms with Gasteiger partial charge in [-0.05, 0) is 37.0 Å². The van der Waals surface area contributed by atoms with Gasteiger partial charge in [0.25, 0.3) is 0 Å². The van der Waals surface area contributed by atoms with Crippen molar-refractivity contribution in [2.45, 2.75) is 45.3 Å². The van der Waals surface area contributed by atoms with Crippen molar-refractivity contribution in [3.05, 3.63) is 28.8 Å². The summed E-state index contributed by atoms with van der Waals surface area (Å²) in [4.78, 5) is 1.34. The highest BCUT2D eigenvalue weighted by Crippen LogP contribution is 2.31. The van der Waals surface area contributed by atoms with Gasteiger partial charge >= 0.3 is 6.18 Å².